The monoisotopic (exact) mass is 270 g/mol. The smallest absolute Gasteiger partial charge is 0.0642 e. The fraction of sp³-hybridized carbons (Fsp3) is 0.455. The summed E-state index contributed by atoms with van der Waals surface area (Å²) in [6.45, 7) is 5.53. The second-order valence-corrected chi connectivity index (χ2v) is 4.61. The van der Waals surface area contributed by atoms with E-state index < -0.39 is 0 Å². The summed E-state index contributed by atoms with van der Waals surface area (Å²) in [7, 11) is 0. The second-order valence-electron chi connectivity index (χ2n) is 3.76. The first-order valence-electron chi connectivity index (χ1n) is 5.07. The van der Waals surface area contributed by atoms with Crippen molar-refractivity contribution in [2.75, 3.05) is 36.9 Å². The summed E-state index contributed by atoms with van der Waals surface area (Å²) in [4.78, 5) is 2.32. The van der Waals surface area contributed by atoms with Crippen LogP contribution in [-0.2, 0) is 4.74 Å². The summed E-state index contributed by atoms with van der Waals surface area (Å²) in [5.41, 5.74) is 9.02. The fourth-order valence-corrected chi connectivity index (χ4v) is 2.34. The van der Waals surface area contributed by atoms with Crippen molar-refractivity contribution in [2.45, 2.75) is 6.92 Å². The molecule has 1 aromatic carbocycles. The lowest BCUT2D eigenvalue weighted by Gasteiger charge is -2.30. The molecule has 4 heteroatoms. The minimum Gasteiger partial charge on any atom is -0.398 e. The lowest BCUT2D eigenvalue weighted by molar-refractivity contribution is 0.122. The molecule has 2 rings (SSSR count). The molecule has 0 unspecified atom stereocenters. The van der Waals surface area contributed by atoms with Crippen LogP contribution in [0.2, 0.25) is 0 Å². The van der Waals surface area contributed by atoms with Gasteiger partial charge in [0.1, 0.15) is 0 Å². The Labute approximate surface area is 98.3 Å². The molecule has 0 spiro atoms. The Morgan fingerprint density at radius 1 is 1.33 bits per heavy atom. The van der Waals surface area contributed by atoms with Gasteiger partial charge in [0.15, 0.2) is 0 Å². The van der Waals surface area contributed by atoms with Gasteiger partial charge in [0.05, 0.1) is 18.9 Å². The third-order valence-electron chi connectivity index (χ3n) is 2.69. The number of rotatable bonds is 1. The number of ether oxygens (including phenoxy) is 1. The van der Waals surface area contributed by atoms with Crippen LogP contribution in [-0.4, -0.2) is 26.3 Å². The maximum atomic E-state index is 5.85. The quantitative estimate of drug-likeness (QED) is 0.796. The third-order valence-corrected chi connectivity index (χ3v) is 3.32. The molecule has 0 amide bonds. The maximum Gasteiger partial charge on any atom is 0.0642 e. The first-order chi connectivity index (χ1) is 7.18. The van der Waals surface area contributed by atoms with E-state index in [0.717, 1.165) is 42.0 Å². The molecule has 15 heavy (non-hydrogen) atoms. The van der Waals surface area contributed by atoms with Gasteiger partial charge in [0.25, 0.3) is 0 Å². The molecule has 0 aromatic heterocycles. The summed E-state index contributed by atoms with van der Waals surface area (Å²) in [5, 5.41) is 0. The lowest BCUT2D eigenvalue weighted by atomic mass is 10.1. The highest BCUT2D eigenvalue weighted by Crippen LogP contribution is 2.31. The Kier molecular flexibility index (Phi) is 3.17. The molecule has 1 aromatic rings. The summed E-state index contributed by atoms with van der Waals surface area (Å²) in [6.07, 6.45) is 0. The van der Waals surface area contributed by atoms with Crippen molar-refractivity contribution in [3.63, 3.8) is 0 Å². The highest BCUT2D eigenvalue weighted by Gasteiger charge is 2.14. The Balaban J connectivity index is 2.30. The van der Waals surface area contributed by atoms with E-state index in [2.05, 4.69) is 26.9 Å². The predicted molar refractivity (Wildman–Crippen MR) is 66.3 cm³/mol. The summed E-state index contributed by atoms with van der Waals surface area (Å²) < 4.78 is 6.40. The predicted octanol–water partition coefficient (Wildman–Crippen LogP) is 2.18. The second kappa shape index (κ2) is 4.41. The van der Waals surface area contributed by atoms with Gasteiger partial charge in [0, 0.05) is 23.2 Å². The van der Waals surface area contributed by atoms with E-state index in [1.54, 1.807) is 0 Å². The number of hydrogen-bond acceptors (Lipinski definition) is 3. The molecule has 1 fully saturated rings. The van der Waals surface area contributed by atoms with Crippen molar-refractivity contribution in [1.29, 1.82) is 0 Å². The number of aryl methyl sites for hydroxylation is 1. The minimum atomic E-state index is 0.801. The van der Waals surface area contributed by atoms with Gasteiger partial charge in [-0.15, -0.1) is 0 Å². The van der Waals surface area contributed by atoms with E-state index in [1.165, 1.54) is 5.69 Å². The van der Waals surface area contributed by atoms with Gasteiger partial charge < -0.3 is 15.4 Å². The van der Waals surface area contributed by atoms with E-state index in [9.17, 15) is 0 Å². The van der Waals surface area contributed by atoms with Crippen LogP contribution in [0.1, 0.15) is 5.56 Å². The molecule has 0 bridgehead atoms. The van der Waals surface area contributed by atoms with E-state index in [1.807, 2.05) is 13.0 Å². The molecular formula is C11H15BrN2O. The third kappa shape index (κ3) is 2.26. The molecule has 0 saturated carbocycles. The van der Waals surface area contributed by atoms with E-state index in [-0.39, 0.29) is 0 Å². The lowest BCUT2D eigenvalue weighted by Crippen LogP contribution is -2.36. The zero-order chi connectivity index (χ0) is 10.8. The fourth-order valence-electron chi connectivity index (χ4n) is 1.73. The maximum absolute atomic E-state index is 5.85. The first kappa shape index (κ1) is 10.8. The van der Waals surface area contributed by atoms with Crippen molar-refractivity contribution in [2.24, 2.45) is 0 Å². The molecule has 0 radical (unpaired) electrons. The van der Waals surface area contributed by atoms with Gasteiger partial charge in [-0.2, -0.15) is 0 Å². The Morgan fingerprint density at radius 2 is 2.00 bits per heavy atom. The molecule has 0 aliphatic carbocycles. The Bertz CT molecular complexity index is 362. The molecule has 0 atom stereocenters. The average molecular weight is 271 g/mol. The molecule has 1 saturated heterocycles. The van der Waals surface area contributed by atoms with Crippen LogP contribution in [0.15, 0.2) is 16.6 Å². The van der Waals surface area contributed by atoms with Crippen LogP contribution < -0.4 is 10.6 Å². The molecule has 2 N–H and O–H groups in total. The topological polar surface area (TPSA) is 38.5 Å². The largest absolute Gasteiger partial charge is 0.398 e. The van der Waals surface area contributed by atoms with Crippen LogP contribution in [0.4, 0.5) is 11.4 Å². The number of halogens is 1. The molecule has 1 aliphatic rings. The Morgan fingerprint density at radius 3 is 2.67 bits per heavy atom. The molecular weight excluding hydrogens is 256 g/mol. The van der Waals surface area contributed by atoms with Crippen molar-refractivity contribution < 1.29 is 4.74 Å². The van der Waals surface area contributed by atoms with Crippen molar-refractivity contribution in [1.82, 2.24) is 0 Å². The number of nitrogens with two attached hydrogens (primary N) is 1. The van der Waals surface area contributed by atoms with Gasteiger partial charge in [-0.3, -0.25) is 0 Å². The van der Waals surface area contributed by atoms with Crippen LogP contribution >= 0.6 is 15.9 Å². The molecule has 1 heterocycles. The van der Waals surface area contributed by atoms with Crippen molar-refractivity contribution in [3.8, 4) is 0 Å². The molecule has 82 valence electrons. The normalized spacial score (nSPS) is 16.8. The highest BCUT2D eigenvalue weighted by molar-refractivity contribution is 9.10. The zero-order valence-electron chi connectivity index (χ0n) is 8.79. The number of morpholine rings is 1. The summed E-state index contributed by atoms with van der Waals surface area (Å²) in [5.74, 6) is 0. The van der Waals surface area contributed by atoms with Gasteiger partial charge in [-0.05, 0) is 40.5 Å². The summed E-state index contributed by atoms with van der Waals surface area (Å²) >= 11 is 3.55. The van der Waals surface area contributed by atoms with Gasteiger partial charge in [-0.1, -0.05) is 0 Å². The van der Waals surface area contributed by atoms with Crippen LogP contribution in [0.3, 0.4) is 0 Å². The van der Waals surface area contributed by atoms with E-state index in [0.29, 0.717) is 0 Å². The SMILES string of the molecule is Cc1cc(N2CCOCC2)c(Br)cc1N. The van der Waals surface area contributed by atoms with Gasteiger partial charge in [0.2, 0.25) is 0 Å². The zero-order valence-corrected chi connectivity index (χ0v) is 10.4. The number of benzene rings is 1. The van der Waals surface area contributed by atoms with Crippen LogP contribution in [0.25, 0.3) is 0 Å². The number of hydrogen-bond donors (Lipinski definition) is 1. The molecule has 3 nitrogen and oxygen atoms in total. The summed E-state index contributed by atoms with van der Waals surface area (Å²) in [6, 6.07) is 4.10. The van der Waals surface area contributed by atoms with Gasteiger partial charge >= 0.3 is 0 Å². The van der Waals surface area contributed by atoms with Crippen LogP contribution in [0, 0.1) is 6.92 Å². The van der Waals surface area contributed by atoms with Crippen molar-refractivity contribution in [3.05, 3.63) is 22.2 Å². The van der Waals surface area contributed by atoms with Gasteiger partial charge in [-0.25, -0.2) is 0 Å². The van der Waals surface area contributed by atoms with E-state index >= 15 is 0 Å². The first-order valence-corrected chi connectivity index (χ1v) is 5.86. The van der Waals surface area contributed by atoms with Crippen molar-refractivity contribution >= 4 is 27.3 Å². The molecule has 1 aliphatic heterocycles. The number of nitrogens with zero attached hydrogens (tertiary/aromatic N) is 1. The van der Waals surface area contributed by atoms with Crippen LogP contribution in [0.5, 0.6) is 0 Å². The minimum absolute atomic E-state index is 0.801. The Hall–Kier alpha value is -0.740. The standard InChI is InChI=1S/C11H15BrN2O/c1-8-6-11(9(12)7-10(8)13)14-2-4-15-5-3-14/h6-7H,2-5,13H2,1H3. The number of anilines is 2. The highest BCUT2D eigenvalue weighted by atomic mass is 79.9. The average Bonchev–Trinajstić information content (AvgIpc) is 2.25. The van der Waals surface area contributed by atoms with E-state index in [4.69, 9.17) is 10.5 Å². The number of nitrogen functional groups attached to an aromatic ring is 1.